The Morgan fingerprint density at radius 1 is 1.21 bits per heavy atom. The number of aromatic hydroxyl groups is 2. The van der Waals surface area contributed by atoms with E-state index in [9.17, 15) is 23.4 Å². The molecule has 7 nitrogen and oxygen atoms in total. The Balaban J connectivity index is 2.38. The molecule has 0 radical (unpaired) electrons. The molecular formula is C25H37NO6S. The van der Waals surface area contributed by atoms with Crippen LogP contribution in [-0.4, -0.2) is 37.2 Å². The topological polar surface area (TPSA) is 113 Å². The normalized spacial score (nSPS) is 16.2. The van der Waals surface area contributed by atoms with E-state index in [0.29, 0.717) is 31.4 Å². The van der Waals surface area contributed by atoms with Crippen LogP contribution in [0.2, 0.25) is 0 Å². The summed E-state index contributed by atoms with van der Waals surface area (Å²) in [6, 6.07) is 1.40. The first-order chi connectivity index (χ1) is 15.6. The number of ether oxygens (including phenoxy) is 1. The lowest BCUT2D eigenvalue weighted by atomic mass is 10.00. The van der Waals surface area contributed by atoms with Gasteiger partial charge in [-0.05, 0) is 64.5 Å². The van der Waals surface area contributed by atoms with E-state index >= 15 is 0 Å². The lowest BCUT2D eigenvalue weighted by Crippen LogP contribution is -2.45. The summed E-state index contributed by atoms with van der Waals surface area (Å²) in [4.78, 5) is 11.9. The van der Waals surface area contributed by atoms with Crippen molar-refractivity contribution in [1.82, 2.24) is 4.72 Å². The number of unbranched alkanes of at least 4 members (excludes halogenated alkanes) is 2. The standard InChI is InChI=1S/C25H37NO6S/c1-5-6-7-11-19-16-21(27)20(13-12-18(4)10-8-9-17(2)3)23(28)24(19)33(30,31)26-25(29)22-14-15-32-22/h9,12,16,22,27-28H,5-8,10-11,13-15H2,1-4H3,(H,26,29)/b18-12+. The number of carbonyl (C=O) groups excluding carboxylic acids is 1. The maximum atomic E-state index is 13.1. The van der Waals surface area contributed by atoms with Crippen LogP contribution in [-0.2, 0) is 32.4 Å². The summed E-state index contributed by atoms with van der Waals surface area (Å²) in [5.74, 6) is -1.41. The van der Waals surface area contributed by atoms with Crippen molar-refractivity contribution < 1.29 is 28.2 Å². The van der Waals surface area contributed by atoms with Crippen LogP contribution in [0.15, 0.2) is 34.3 Å². The largest absolute Gasteiger partial charge is 0.508 e. The van der Waals surface area contributed by atoms with Crippen LogP contribution in [0.4, 0.5) is 0 Å². The van der Waals surface area contributed by atoms with Gasteiger partial charge < -0.3 is 14.9 Å². The molecule has 2 rings (SSSR count). The number of sulfonamides is 1. The molecule has 1 aliphatic heterocycles. The highest BCUT2D eigenvalue weighted by molar-refractivity contribution is 7.90. The quantitative estimate of drug-likeness (QED) is 0.297. The van der Waals surface area contributed by atoms with Crippen molar-refractivity contribution in [3.63, 3.8) is 0 Å². The van der Waals surface area contributed by atoms with E-state index in [4.69, 9.17) is 4.74 Å². The molecule has 1 aromatic carbocycles. The van der Waals surface area contributed by atoms with Gasteiger partial charge in [-0.2, -0.15) is 0 Å². The number of rotatable bonds is 12. The molecule has 1 aliphatic rings. The summed E-state index contributed by atoms with van der Waals surface area (Å²) in [7, 11) is -4.35. The maximum Gasteiger partial charge on any atom is 0.268 e. The number of allylic oxidation sites excluding steroid dienone is 4. The number of phenols is 2. The van der Waals surface area contributed by atoms with Gasteiger partial charge in [-0.1, -0.05) is 43.1 Å². The van der Waals surface area contributed by atoms with Gasteiger partial charge in [-0.3, -0.25) is 4.79 Å². The van der Waals surface area contributed by atoms with Crippen LogP contribution >= 0.6 is 0 Å². The lowest BCUT2D eigenvalue weighted by molar-refractivity contribution is -0.142. The fraction of sp³-hybridized carbons (Fsp3) is 0.560. The second-order valence-electron chi connectivity index (χ2n) is 8.86. The van der Waals surface area contributed by atoms with Crippen molar-refractivity contribution in [2.45, 2.75) is 90.1 Å². The van der Waals surface area contributed by atoms with Gasteiger partial charge in [0.25, 0.3) is 15.9 Å². The maximum absolute atomic E-state index is 13.1. The minimum absolute atomic E-state index is 0.128. The monoisotopic (exact) mass is 479 g/mol. The van der Waals surface area contributed by atoms with E-state index in [1.165, 1.54) is 11.6 Å². The van der Waals surface area contributed by atoms with Crippen molar-refractivity contribution >= 4 is 15.9 Å². The summed E-state index contributed by atoms with van der Waals surface area (Å²) >= 11 is 0. The van der Waals surface area contributed by atoms with Crippen LogP contribution in [0.3, 0.4) is 0 Å². The Morgan fingerprint density at radius 2 is 1.91 bits per heavy atom. The van der Waals surface area contributed by atoms with Gasteiger partial charge in [-0.15, -0.1) is 0 Å². The van der Waals surface area contributed by atoms with Gasteiger partial charge in [0.05, 0.1) is 6.61 Å². The van der Waals surface area contributed by atoms with E-state index in [1.807, 2.05) is 38.5 Å². The molecule has 1 aromatic rings. The Kier molecular flexibility index (Phi) is 9.98. The molecule has 0 saturated carbocycles. The summed E-state index contributed by atoms with van der Waals surface area (Å²) in [6.07, 6.45) is 8.41. The van der Waals surface area contributed by atoms with Gasteiger partial charge in [0.15, 0.2) is 0 Å². The third kappa shape index (κ3) is 7.61. The first kappa shape index (κ1) is 26.9. The van der Waals surface area contributed by atoms with Crippen molar-refractivity contribution in [1.29, 1.82) is 0 Å². The molecule has 0 spiro atoms. The third-order valence-corrected chi connectivity index (χ3v) is 7.17. The molecule has 0 bridgehead atoms. The molecule has 1 saturated heterocycles. The highest BCUT2D eigenvalue weighted by atomic mass is 32.2. The first-order valence-electron chi connectivity index (χ1n) is 11.6. The summed E-state index contributed by atoms with van der Waals surface area (Å²) in [5, 5.41) is 21.6. The predicted molar refractivity (Wildman–Crippen MR) is 129 cm³/mol. The molecule has 1 fully saturated rings. The number of benzene rings is 1. The second kappa shape index (κ2) is 12.2. The lowest BCUT2D eigenvalue weighted by Gasteiger charge is -2.25. The molecule has 8 heteroatoms. The number of phenolic OH excluding ortho intramolecular Hbond substituents is 2. The zero-order valence-corrected chi connectivity index (χ0v) is 20.9. The molecular weight excluding hydrogens is 442 g/mol. The third-order valence-electron chi connectivity index (χ3n) is 5.70. The highest BCUT2D eigenvalue weighted by Gasteiger charge is 2.33. The van der Waals surface area contributed by atoms with E-state index < -0.39 is 27.8 Å². The zero-order valence-electron chi connectivity index (χ0n) is 20.1. The van der Waals surface area contributed by atoms with Crippen molar-refractivity contribution in [3.8, 4) is 11.5 Å². The summed E-state index contributed by atoms with van der Waals surface area (Å²) < 4.78 is 33.4. The number of hydrogen-bond donors (Lipinski definition) is 3. The average molecular weight is 480 g/mol. The minimum Gasteiger partial charge on any atom is -0.508 e. The van der Waals surface area contributed by atoms with Crippen LogP contribution < -0.4 is 4.72 Å². The number of aryl methyl sites for hydroxylation is 1. The zero-order chi connectivity index (χ0) is 24.6. The van der Waals surface area contributed by atoms with Gasteiger partial charge in [0, 0.05) is 12.0 Å². The van der Waals surface area contributed by atoms with Gasteiger partial charge in [0.2, 0.25) is 0 Å². The molecule has 1 unspecified atom stereocenters. The Hall–Kier alpha value is -2.32. The molecule has 1 heterocycles. The summed E-state index contributed by atoms with van der Waals surface area (Å²) in [5.41, 5.74) is 2.73. The number of carbonyl (C=O) groups is 1. The molecule has 1 amide bonds. The van der Waals surface area contributed by atoms with Crippen LogP contribution in [0.5, 0.6) is 11.5 Å². The van der Waals surface area contributed by atoms with Gasteiger partial charge in [-0.25, -0.2) is 13.1 Å². The van der Waals surface area contributed by atoms with Crippen LogP contribution in [0, 0.1) is 0 Å². The average Bonchev–Trinajstić information content (AvgIpc) is 2.65. The molecule has 184 valence electrons. The predicted octanol–water partition coefficient (Wildman–Crippen LogP) is 4.66. The number of amides is 1. The minimum atomic E-state index is -4.35. The van der Waals surface area contributed by atoms with Crippen molar-refractivity contribution in [2.24, 2.45) is 0 Å². The van der Waals surface area contributed by atoms with Crippen LogP contribution in [0.1, 0.15) is 77.3 Å². The fourth-order valence-corrected chi connectivity index (χ4v) is 5.02. The second-order valence-corrected chi connectivity index (χ2v) is 10.5. The number of hydrogen-bond acceptors (Lipinski definition) is 6. The highest BCUT2D eigenvalue weighted by Crippen LogP contribution is 2.38. The van der Waals surface area contributed by atoms with Crippen molar-refractivity contribution in [2.75, 3.05) is 6.61 Å². The van der Waals surface area contributed by atoms with E-state index in [2.05, 4.69) is 6.08 Å². The van der Waals surface area contributed by atoms with Crippen LogP contribution in [0.25, 0.3) is 0 Å². The number of nitrogens with one attached hydrogen (secondary N) is 1. The molecule has 0 aromatic heterocycles. The van der Waals surface area contributed by atoms with E-state index in [0.717, 1.165) is 31.3 Å². The fourth-order valence-electron chi connectivity index (χ4n) is 3.64. The van der Waals surface area contributed by atoms with E-state index in [1.54, 1.807) is 0 Å². The van der Waals surface area contributed by atoms with Gasteiger partial charge >= 0.3 is 0 Å². The molecule has 1 atom stereocenters. The molecule has 0 aliphatic carbocycles. The Labute approximate surface area is 197 Å². The SMILES string of the molecule is CCCCCc1cc(O)c(C/C=C(\C)CCC=C(C)C)c(O)c1S(=O)(=O)NC(=O)C1CCO1. The van der Waals surface area contributed by atoms with E-state index in [-0.39, 0.29) is 22.6 Å². The Morgan fingerprint density at radius 3 is 2.48 bits per heavy atom. The summed E-state index contributed by atoms with van der Waals surface area (Å²) in [6.45, 7) is 8.47. The van der Waals surface area contributed by atoms with Gasteiger partial charge in [0.1, 0.15) is 22.5 Å². The van der Waals surface area contributed by atoms with Crippen molar-refractivity contribution in [3.05, 3.63) is 40.5 Å². The smallest absolute Gasteiger partial charge is 0.268 e. The Bertz CT molecular complexity index is 1000. The molecule has 33 heavy (non-hydrogen) atoms. The molecule has 3 N–H and O–H groups in total. The first-order valence-corrected chi connectivity index (χ1v) is 13.1.